The van der Waals surface area contributed by atoms with E-state index in [0.717, 1.165) is 11.3 Å². The lowest BCUT2D eigenvalue weighted by Gasteiger charge is -2.22. The molecule has 4 heteroatoms. The molecule has 1 saturated heterocycles. The summed E-state index contributed by atoms with van der Waals surface area (Å²) in [5.74, 6) is 0.822. The third-order valence-corrected chi connectivity index (χ3v) is 3.15. The largest absolute Gasteiger partial charge is 0.497 e. The van der Waals surface area contributed by atoms with Crippen molar-refractivity contribution >= 4 is 5.91 Å². The molecular formula is C13H13NO3. The Morgan fingerprint density at radius 1 is 1.35 bits per heavy atom. The monoisotopic (exact) mass is 231 g/mol. The predicted octanol–water partition coefficient (Wildman–Crippen LogP) is 1.49. The lowest BCUT2D eigenvalue weighted by atomic mass is 10.1. The number of fused-ring (bicyclic) bond motifs is 1. The highest BCUT2D eigenvalue weighted by molar-refractivity contribution is 5.91. The second-order valence-electron chi connectivity index (χ2n) is 4.13. The molecule has 2 aliphatic heterocycles. The van der Waals surface area contributed by atoms with Gasteiger partial charge in [-0.25, -0.2) is 0 Å². The summed E-state index contributed by atoms with van der Waals surface area (Å²) in [5, 5.41) is 0. The number of carbonyl (C=O) groups is 1. The number of methoxy groups -OCH3 is 1. The standard InChI is InChI=1S/C13H13NO3/c1-16-11-5-2-9(3-6-11)13-14-10(8-17-13)4-7-12(14)15/h2-7,10,13H,8H2,1H3/t10-,13?/m0/s1. The van der Waals surface area contributed by atoms with Gasteiger partial charge in [-0.2, -0.15) is 0 Å². The van der Waals surface area contributed by atoms with Crippen LogP contribution in [-0.2, 0) is 9.53 Å². The van der Waals surface area contributed by atoms with Crippen molar-refractivity contribution in [2.24, 2.45) is 0 Å². The molecule has 4 nitrogen and oxygen atoms in total. The van der Waals surface area contributed by atoms with E-state index >= 15 is 0 Å². The van der Waals surface area contributed by atoms with Gasteiger partial charge in [0.25, 0.3) is 0 Å². The lowest BCUT2D eigenvalue weighted by molar-refractivity contribution is -0.130. The highest BCUT2D eigenvalue weighted by Crippen LogP contribution is 2.34. The molecule has 2 atom stereocenters. The Morgan fingerprint density at radius 2 is 2.12 bits per heavy atom. The summed E-state index contributed by atoms with van der Waals surface area (Å²) < 4.78 is 10.8. The Bertz CT molecular complexity index is 466. The van der Waals surface area contributed by atoms with Crippen molar-refractivity contribution in [3.63, 3.8) is 0 Å². The molecule has 3 rings (SSSR count). The van der Waals surface area contributed by atoms with Gasteiger partial charge in [-0.05, 0) is 12.1 Å². The van der Waals surface area contributed by atoms with E-state index in [9.17, 15) is 4.79 Å². The number of ether oxygens (including phenoxy) is 2. The number of amides is 1. The number of hydrogen-bond acceptors (Lipinski definition) is 3. The molecule has 1 aromatic rings. The number of nitrogens with zero attached hydrogens (tertiary/aromatic N) is 1. The third kappa shape index (κ3) is 1.61. The molecule has 0 aromatic heterocycles. The second kappa shape index (κ2) is 3.89. The SMILES string of the molecule is COc1ccc(C2OC[C@@H]3C=CC(=O)N23)cc1. The molecule has 0 N–H and O–H groups in total. The summed E-state index contributed by atoms with van der Waals surface area (Å²) in [4.78, 5) is 13.5. The van der Waals surface area contributed by atoms with Crippen LogP contribution in [0.3, 0.4) is 0 Å². The van der Waals surface area contributed by atoms with Gasteiger partial charge < -0.3 is 14.4 Å². The normalized spacial score (nSPS) is 26.4. The molecular weight excluding hydrogens is 218 g/mol. The van der Waals surface area contributed by atoms with E-state index in [4.69, 9.17) is 9.47 Å². The van der Waals surface area contributed by atoms with Crippen LogP contribution in [0.15, 0.2) is 36.4 Å². The van der Waals surface area contributed by atoms with Crippen LogP contribution in [0, 0.1) is 0 Å². The van der Waals surface area contributed by atoms with Gasteiger partial charge in [-0.15, -0.1) is 0 Å². The minimum Gasteiger partial charge on any atom is -0.497 e. The minimum atomic E-state index is -0.270. The van der Waals surface area contributed by atoms with Gasteiger partial charge in [0.05, 0.1) is 19.8 Å². The van der Waals surface area contributed by atoms with Gasteiger partial charge in [0, 0.05) is 11.6 Å². The smallest absolute Gasteiger partial charge is 0.249 e. The molecule has 1 amide bonds. The molecule has 0 saturated carbocycles. The number of rotatable bonds is 2. The second-order valence-corrected chi connectivity index (χ2v) is 4.13. The molecule has 17 heavy (non-hydrogen) atoms. The molecule has 2 aliphatic rings. The van der Waals surface area contributed by atoms with Crippen LogP contribution in [0.5, 0.6) is 5.75 Å². The van der Waals surface area contributed by atoms with Gasteiger partial charge in [-0.3, -0.25) is 4.79 Å². The summed E-state index contributed by atoms with van der Waals surface area (Å²) in [5.41, 5.74) is 0.977. The first-order valence-corrected chi connectivity index (χ1v) is 5.55. The van der Waals surface area contributed by atoms with E-state index in [1.54, 1.807) is 18.1 Å². The summed E-state index contributed by atoms with van der Waals surface area (Å²) in [6.45, 7) is 0.568. The third-order valence-electron chi connectivity index (χ3n) is 3.15. The van der Waals surface area contributed by atoms with Gasteiger partial charge in [0.15, 0.2) is 6.23 Å². The van der Waals surface area contributed by atoms with Crippen LogP contribution >= 0.6 is 0 Å². The average molecular weight is 231 g/mol. The number of carbonyl (C=O) groups excluding carboxylic acids is 1. The van der Waals surface area contributed by atoms with Crippen molar-refractivity contribution in [1.82, 2.24) is 4.90 Å². The molecule has 0 radical (unpaired) electrons. The highest BCUT2D eigenvalue weighted by atomic mass is 16.5. The van der Waals surface area contributed by atoms with Crippen LogP contribution in [0.25, 0.3) is 0 Å². The number of hydrogen-bond donors (Lipinski definition) is 0. The summed E-state index contributed by atoms with van der Waals surface area (Å²) >= 11 is 0. The van der Waals surface area contributed by atoms with Gasteiger partial charge in [0.2, 0.25) is 5.91 Å². The van der Waals surface area contributed by atoms with Gasteiger partial charge >= 0.3 is 0 Å². The zero-order chi connectivity index (χ0) is 11.8. The summed E-state index contributed by atoms with van der Waals surface area (Å²) in [6.07, 6.45) is 3.24. The Balaban J connectivity index is 1.87. The van der Waals surface area contributed by atoms with E-state index in [1.807, 2.05) is 30.3 Å². The molecule has 1 unspecified atom stereocenters. The summed E-state index contributed by atoms with van der Waals surface area (Å²) in [6, 6.07) is 7.70. The molecule has 0 aliphatic carbocycles. The first kappa shape index (κ1) is 10.4. The first-order valence-electron chi connectivity index (χ1n) is 5.55. The first-order chi connectivity index (χ1) is 8.29. The maximum Gasteiger partial charge on any atom is 0.249 e. The van der Waals surface area contributed by atoms with E-state index in [0.29, 0.717) is 6.61 Å². The molecule has 0 spiro atoms. The Kier molecular flexibility index (Phi) is 2.37. The zero-order valence-electron chi connectivity index (χ0n) is 9.50. The van der Waals surface area contributed by atoms with Crippen molar-refractivity contribution < 1.29 is 14.3 Å². The van der Waals surface area contributed by atoms with Crippen LogP contribution < -0.4 is 4.74 Å². The zero-order valence-corrected chi connectivity index (χ0v) is 9.50. The Morgan fingerprint density at radius 3 is 2.82 bits per heavy atom. The highest BCUT2D eigenvalue weighted by Gasteiger charge is 2.39. The maximum atomic E-state index is 11.7. The average Bonchev–Trinajstić information content (AvgIpc) is 2.93. The molecule has 1 fully saturated rings. The fourth-order valence-electron chi connectivity index (χ4n) is 2.26. The van der Waals surface area contributed by atoms with E-state index in [1.165, 1.54) is 0 Å². The van der Waals surface area contributed by atoms with Crippen LogP contribution in [0.2, 0.25) is 0 Å². The van der Waals surface area contributed by atoms with Crippen molar-refractivity contribution in [2.75, 3.05) is 13.7 Å². The van der Waals surface area contributed by atoms with Crippen LogP contribution in [0.1, 0.15) is 11.8 Å². The minimum absolute atomic E-state index is 0.0216. The topological polar surface area (TPSA) is 38.8 Å². The quantitative estimate of drug-likeness (QED) is 0.774. The van der Waals surface area contributed by atoms with Crippen molar-refractivity contribution in [3.05, 3.63) is 42.0 Å². The fourth-order valence-corrected chi connectivity index (χ4v) is 2.26. The van der Waals surface area contributed by atoms with E-state index < -0.39 is 0 Å². The molecule has 0 bridgehead atoms. The van der Waals surface area contributed by atoms with Crippen molar-refractivity contribution in [2.45, 2.75) is 12.3 Å². The van der Waals surface area contributed by atoms with Crippen LogP contribution in [0.4, 0.5) is 0 Å². The number of benzene rings is 1. The predicted molar refractivity (Wildman–Crippen MR) is 61.5 cm³/mol. The van der Waals surface area contributed by atoms with Gasteiger partial charge in [-0.1, -0.05) is 18.2 Å². The lowest BCUT2D eigenvalue weighted by Crippen LogP contribution is -2.31. The summed E-state index contributed by atoms with van der Waals surface area (Å²) in [7, 11) is 1.63. The molecule has 88 valence electrons. The van der Waals surface area contributed by atoms with E-state index in [-0.39, 0.29) is 18.2 Å². The molecule has 2 heterocycles. The van der Waals surface area contributed by atoms with Crippen LogP contribution in [-0.4, -0.2) is 30.6 Å². The van der Waals surface area contributed by atoms with E-state index in [2.05, 4.69) is 0 Å². The maximum absolute atomic E-state index is 11.7. The van der Waals surface area contributed by atoms with Crippen molar-refractivity contribution in [1.29, 1.82) is 0 Å². The fraction of sp³-hybridized carbons (Fsp3) is 0.308. The van der Waals surface area contributed by atoms with Gasteiger partial charge in [0.1, 0.15) is 5.75 Å². The molecule has 1 aromatic carbocycles. The Hall–Kier alpha value is -1.81. The van der Waals surface area contributed by atoms with Crippen molar-refractivity contribution in [3.8, 4) is 5.75 Å². The Labute approximate surface area is 99.4 Å².